The Bertz CT molecular complexity index is 1070. The van der Waals surface area contributed by atoms with E-state index in [1.165, 1.54) is 0 Å². The normalized spacial score (nSPS) is 17.0. The van der Waals surface area contributed by atoms with E-state index in [2.05, 4.69) is 0 Å². The van der Waals surface area contributed by atoms with Gasteiger partial charge in [0.05, 0.1) is 36.6 Å². The summed E-state index contributed by atoms with van der Waals surface area (Å²) in [6.45, 7) is 35.6. The molecule has 56 heavy (non-hydrogen) atoms. The molecule has 325 valence electrons. The van der Waals surface area contributed by atoms with Crippen molar-refractivity contribution in [2.24, 2.45) is 32.5 Å². The van der Waals surface area contributed by atoms with Gasteiger partial charge in [-0.3, -0.25) is 0 Å². The van der Waals surface area contributed by atoms with Crippen LogP contribution in [0.25, 0.3) is 0 Å². The minimum absolute atomic E-state index is 0. The van der Waals surface area contributed by atoms with E-state index in [-0.39, 0.29) is 73.8 Å². The van der Waals surface area contributed by atoms with Crippen LogP contribution in [0.4, 0.5) is 0 Å². The monoisotopic (exact) mass is 920 g/mol. The predicted octanol–water partition coefficient (Wildman–Crippen LogP) is 9.03. The third kappa shape index (κ3) is 25.9. The molecule has 0 amide bonds. The topological polar surface area (TPSA) is 162 Å². The summed E-state index contributed by atoms with van der Waals surface area (Å²) in [6, 6.07) is 18.3. The quantitative estimate of drug-likeness (QED) is 0.124. The summed E-state index contributed by atoms with van der Waals surface area (Å²) in [6.07, 6.45) is -3.07. The molecule has 2 aromatic rings. The van der Waals surface area contributed by atoms with E-state index in [0.717, 1.165) is 11.1 Å². The standard InChI is InChI=1S/C14H14O2.3C11H24O2.Pr/c15-13(11-7-3-1-4-8-11)14(16)12-9-5-2-6-10-12;3*1-10(2,3)8(12)7-9(13)11(4,5)6;/h1-10,13-16H;3*8-9,12-13H,7H2,1-6H3;. The van der Waals surface area contributed by atoms with E-state index in [0.29, 0.717) is 19.3 Å². The number of rotatable bonds is 9. The van der Waals surface area contributed by atoms with Crippen molar-refractivity contribution in [3.63, 3.8) is 0 Å². The predicted molar refractivity (Wildman–Crippen MR) is 229 cm³/mol. The van der Waals surface area contributed by atoms with Gasteiger partial charge in [0.1, 0.15) is 12.2 Å². The molecule has 0 aromatic heterocycles. The fourth-order valence-electron chi connectivity index (χ4n) is 4.42. The first-order valence-corrected chi connectivity index (χ1v) is 20.0. The number of aliphatic hydroxyl groups excluding tert-OH is 8. The van der Waals surface area contributed by atoms with E-state index in [4.69, 9.17) is 0 Å². The zero-order valence-electron chi connectivity index (χ0n) is 38.7. The molecule has 2 aromatic carbocycles. The first-order chi connectivity index (χ1) is 24.4. The van der Waals surface area contributed by atoms with Crippen LogP contribution in [0.3, 0.4) is 0 Å². The van der Waals surface area contributed by atoms with Crippen molar-refractivity contribution in [2.75, 3.05) is 0 Å². The van der Waals surface area contributed by atoms with Gasteiger partial charge in [-0.2, -0.15) is 0 Å². The molecular weight excluding hydrogens is 833 g/mol. The number of benzene rings is 2. The van der Waals surface area contributed by atoms with E-state index in [1.54, 1.807) is 24.3 Å². The van der Waals surface area contributed by atoms with Crippen molar-refractivity contribution < 1.29 is 82.1 Å². The summed E-state index contributed by atoms with van der Waals surface area (Å²) in [4.78, 5) is 0. The van der Waals surface area contributed by atoms with E-state index in [9.17, 15) is 40.9 Å². The third-order valence-corrected chi connectivity index (χ3v) is 9.92. The molecule has 1 radical (unpaired) electrons. The van der Waals surface area contributed by atoms with Crippen LogP contribution in [0, 0.1) is 73.8 Å². The smallest absolute Gasteiger partial charge is 0.109 e. The molecule has 8 N–H and O–H groups in total. The molecule has 0 bridgehead atoms. The second-order valence-corrected chi connectivity index (χ2v) is 21.7. The van der Waals surface area contributed by atoms with Gasteiger partial charge < -0.3 is 40.9 Å². The molecular formula is C47H86O8Pr. The molecule has 0 aliphatic carbocycles. The Morgan fingerprint density at radius 1 is 0.304 bits per heavy atom. The van der Waals surface area contributed by atoms with Crippen LogP contribution in [0.1, 0.15) is 167 Å². The van der Waals surface area contributed by atoms with Crippen LogP contribution >= 0.6 is 0 Å². The average molecular weight is 920 g/mol. The summed E-state index contributed by atoms with van der Waals surface area (Å²) in [5.74, 6) is 0. The largest absolute Gasteiger partial charge is 0.392 e. The Balaban J connectivity index is -0.000000669. The van der Waals surface area contributed by atoms with Crippen molar-refractivity contribution in [2.45, 2.75) is 193 Å². The first-order valence-electron chi connectivity index (χ1n) is 20.0. The minimum atomic E-state index is -0.886. The molecule has 8 nitrogen and oxygen atoms in total. The Morgan fingerprint density at radius 2 is 0.446 bits per heavy atom. The molecule has 0 aliphatic rings. The fraction of sp³-hybridized carbons (Fsp3) is 0.745. The van der Waals surface area contributed by atoms with E-state index >= 15 is 0 Å². The van der Waals surface area contributed by atoms with Crippen molar-refractivity contribution in [3.8, 4) is 0 Å². The Hall–Kier alpha value is -0.516. The fourth-order valence-corrected chi connectivity index (χ4v) is 4.42. The molecule has 9 heteroatoms. The number of hydrogen-bond donors (Lipinski definition) is 8. The number of aliphatic hydroxyl groups is 8. The maximum atomic E-state index is 9.99. The van der Waals surface area contributed by atoms with Gasteiger partial charge in [0.15, 0.2) is 0 Å². The van der Waals surface area contributed by atoms with Crippen molar-refractivity contribution in [1.29, 1.82) is 0 Å². The summed E-state index contributed by atoms with van der Waals surface area (Å²) < 4.78 is 0. The van der Waals surface area contributed by atoms with Crippen LogP contribution in [-0.4, -0.2) is 77.5 Å². The van der Waals surface area contributed by atoms with Crippen LogP contribution in [-0.2, 0) is 0 Å². The van der Waals surface area contributed by atoms with Gasteiger partial charge in [0.25, 0.3) is 0 Å². The van der Waals surface area contributed by atoms with E-state index < -0.39 is 48.8 Å². The molecule has 0 fully saturated rings. The molecule has 0 spiro atoms. The van der Waals surface area contributed by atoms with Crippen molar-refractivity contribution >= 4 is 0 Å². The van der Waals surface area contributed by atoms with Gasteiger partial charge in [-0.05, 0) is 43.6 Å². The second kappa shape index (κ2) is 25.3. The number of hydrogen-bond acceptors (Lipinski definition) is 8. The maximum absolute atomic E-state index is 9.99. The molecule has 0 saturated heterocycles. The van der Waals surface area contributed by atoms with Crippen LogP contribution in [0.15, 0.2) is 60.7 Å². The third-order valence-electron chi connectivity index (χ3n) is 9.92. The molecule has 0 aliphatic heterocycles. The van der Waals surface area contributed by atoms with Gasteiger partial charge in [-0.1, -0.05) is 185 Å². The molecule has 2 rings (SSSR count). The SMILES string of the molecule is CC(C)(C)C(O)CC(O)C(C)(C)C.CC(C)(C)C(O)CC(O)C(C)(C)C.CC(C)(C)C(O)CC(O)C(C)(C)C.OC(c1ccccc1)C(O)c1ccccc1.[Pr]. The zero-order valence-corrected chi connectivity index (χ0v) is 42.4. The van der Waals surface area contributed by atoms with Gasteiger partial charge in [0.2, 0.25) is 0 Å². The Kier molecular flexibility index (Phi) is 27.0. The molecule has 0 heterocycles. The zero-order chi connectivity index (χ0) is 44.0. The van der Waals surface area contributed by atoms with Gasteiger partial charge in [-0.15, -0.1) is 0 Å². The van der Waals surface area contributed by atoms with Gasteiger partial charge in [0, 0.05) is 60.6 Å². The average Bonchev–Trinajstić information content (AvgIpc) is 3.03. The Labute approximate surface area is 376 Å². The summed E-state index contributed by atoms with van der Waals surface area (Å²) in [5.41, 5.74) is 0.563. The van der Waals surface area contributed by atoms with Crippen molar-refractivity contribution in [1.82, 2.24) is 0 Å². The van der Waals surface area contributed by atoms with E-state index in [1.807, 2.05) is 161 Å². The minimum Gasteiger partial charge on any atom is -0.392 e. The summed E-state index contributed by atoms with van der Waals surface area (Å²) in [7, 11) is 0. The van der Waals surface area contributed by atoms with Crippen LogP contribution < -0.4 is 0 Å². The second-order valence-electron chi connectivity index (χ2n) is 21.7. The van der Waals surface area contributed by atoms with Crippen LogP contribution in [0.2, 0.25) is 0 Å². The summed E-state index contributed by atoms with van der Waals surface area (Å²) in [5, 5.41) is 78.5. The van der Waals surface area contributed by atoms with Crippen molar-refractivity contribution in [3.05, 3.63) is 71.8 Å². The summed E-state index contributed by atoms with van der Waals surface area (Å²) >= 11 is 0. The van der Waals surface area contributed by atoms with Gasteiger partial charge >= 0.3 is 0 Å². The first kappa shape index (κ1) is 59.8. The molecule has 8 unspecified atom stereocenters. The maximum Gasteiger partial charge on any atom is 0.109 e. The molecule has 0 saturated carbocycles. The van der Waals surface area contributed by atoms with Crippen LogP contribution in [0.5, 0.6) is 0 Å². The van der Waals surface area contributed by atoms with Gasteiger partial charge in [-0.25, -0.2) is 0 Å². The molecule has 8 atom stereocenters. The Morgan fingerprint density at radius 3 is 0.571 bits per heavy atom.